The minimum atomic E-state index is -0.720. The lowest BCUT2D eigenvalue weighted by atomic mass is 10.0. The third kappa shape index (κ3) is 4.30. The molecule has 0 aliphatic heterocycles. The van der Waals surface area contributed by atoms with Crippen molar-refractivity contribution in [3.05, 3.63) is 51.4 Å². The summed E-state index contributed by atoms with van der Waals surface area (Å²) in [5.41, 5.74) is 12.8. The van der Waals surface area contributed by atoms with Crippen LogP contribution < -0.4 is 16.8 Å². The number of anilines is 2. The fourth-order valence-corrected chi connectivity index (χ4v) is 4.17. The molecule has 1 atom stereocenters. The van der Waals surface area contributed by atoms with E-state index in [0.717, 1.165) is 11.3 Å². The number of fused-ring (bicyclic) bond motifs is 1. The Morgan fingerprint density at radius 3 is 2.77 bits per heavy atom. The molecule has 10 heteroatoms. The van der Waals surface area contributed by atoms with Gasteiger partial charge in [0.15, 0.2) is 0 Å². The molecule has 8 nitrogen and oxygen atoms in total. The van der Waals surface area contributed by atoms with Gasteiger partial charge in [-0.05, 0) is 24.6 Å². The summed E-state index contributed by atoms with van der Waals surface area (Å²) in [6.45, 7) is 1.92. The van der Waals surface area contributed by atoms with Gasteiger partial charge in [0, 0.05) is 10.4 Å². The number of esters is 1. The monoisotopic (exact) mass is 443 g/mol. The van der Waals surface area contributed by atoms with E-state index in [-0.39, 0.29) is 35.0 Å². The second-order valence-corrected chi connectivity index (χ2v) is 7.69. The highest BCUT2D eigenvalue weighted by atomic mass is 35.5. The first-order valence-corrected chi connectivity index (χ1v) is 10.1. The molecule has 1 unspecified atom stereocenters. The number of nitrogens with two attached hydrogens (primary N) is 2. The lowest BCUT2D eigenvalue weighted by molar-refractivity contribution is -0.143. The summed E-state index contributed by atoms with van der Waals surface area (Å²) in [6.07, 6.45) is -0.0993. The second kappa shape index (κ2) is 8.98. The number of amides is 1. The number of carbonyl (C=O) groups is 2. The number of hydrogen-bond acceptors (Lipinski definition) is 8. The Morgan fingerprint density at radius 2 is 2.10 bits per heavy atom. The Balaban J connectivity index is 1.96. The molecule has 2 heterocycles. The molecule has 1 amide bonds. The van der Waals surface area contributed by atoms with Crippen molar-refractivity contribution in [1.82, 2.24) is 10.3 Å². The van der Waals surface area contributed by atoms with Gasteiger partial charge in [0.1, 0.15) is 21.6 Å². The number of pyridine rings is 1. The van der Waals surface area contributed by atoms with E-state index in [4.69, 9.17) is 33.1 Å². The van der Waals surface area contributed by atoms with E-state index in [1.54, 1.807) is 31.2 Å². The quantitative estimate of drug-likeness (QED) is 0.495. The number of hydrogen-bond donors (Lipinski definition) is 3. The van der Waals surface area contributed by atoms with E-state index >= 15 is 0 Å². The minimum Gasteiger partial charge on any atom is -0.466 e. The third-order valence-corrected chi connectivity index (χ3v) is 5.80. The van der Waals surface area contributed by atoms with Crippen LogP contribution in [0.25, 0.3) is 10.2 Å². The molecule has 0 saturated heterocycles. The van der Waals surface area contributed by atoms with Crippen molar-refractivity contribution in [3.8, 4) is 6.07 Å². The summed E-state index contributed by atoms with van der Waals surface area (Å²) in [4.78, 5) is 29.9. The van der Waals surface area contributed by atoms with E-state index < -0.39 is 17.9 Å². The van der Waals surface area contributed by atoms with Crippen molar-refractivity contribution in [2.24, 2.45) is 0 Å². The SMILES string of the molecule is CCOC(=O)CC(NC(=O)c1sc2nc(N)c(C#N)cc2c1N)c1ccccc1Cl. The van der Waals surface area contributed by atoms with Crippen molar-refractivity contribution < 1.29 is 14.3 Å². The summed E-state index contributed by atoms with van der Waals surface area (Å²) in [5.74, 6) is -0.906. The Kier molecular flexibility index (Phi) is 6.40. The van der Waals surface area contributed by atoms with Crippen LogP contribution in [0.5, 0.6) is 0 Å². The van der Waals surface area contributed by atoms with Gasteiger partial charge < -0.3 is 21.5 Å². The Morgan fingerprint density at radius 1 is 1.37 bits per heavy atom. The number of nitrogens with one attached hydrogen (secondary N) is 1. The van der Waals surface area contributed by atoms with Crippen LogP contribution in [0.15, 0.2) is 30.3 Å². The zero-order valence-electron chi connectivity index (χ0n) is 15.9. The number of aromatic nitrogens is 1. The molecule has 0 spiro atoms. The van der Waals surface area contributed by atoms with Gasteiger partial charge in [0.2, 0.25) is 0 Å². The molecular weight excluding hydrogens is 426 g/mol. The lowest BCUT2D eigenvalue weighted by Crippen LogP contribution is -2.30. The number of thiophene rings is 1. The smallest absolute Gasteiger partial charge is 0.308 e. The number of nitrogen functional groups attached to an aromatic ring is 2. The van der Waals surface area contributed by atoms with Crippen LogP contribution in [0.4, 0.5) is 11.5 Å². The fourth-order valence-electron chi connectivity index (χ4n) is 2.92. The molecule has 0 saturated carbocycles. The van der Waals surface area contributed by atoms with Crippen molar-refractivity contribution in [2.75, 3.05) is 18.1 Å². The molecular formula is C20H18ClN5O3S. The lowest BCUT2D eigenvalue weighted by Gasteiger charge is -2.19. The molecule has 0 fully saturated rings. The predicted molar refractivity (Wildman–Crippen MR) is 116 cm³/mol. The molecule has 0 bridgehead atoms. The maximum Gasteiger partial charge on any atom is 0.308 e. The number of halogens is 1. The summed E-state index contributed by atoms with van der Waals surface area (Å²) in [6, 6.07) is 9.63. The number of ether oxygens (including phenoxy) is 1. The Bertz CT molecular complexity index is 1170. The van der Waals surface area contributed by atoms with E-state index in [2.05, 4.69) is 10.3 Å². The number of benzene rings is 1. The Hall–Kier alpha value is -3.35. The van der Waals surface area contributed by atoms with Crippen molar-refractivity contribution >= 4 is 56.5 Å². The van der Waals surface area contributed by atoms with Gasteiger partial charge in [0.25, 0.3) is 5.91 Å². The molecule has 154 valence electrons. The average molecular weight is 444 g/mol. The molecule has 2 aromatic heterocycles. The van der Waals surface area contributed by atoms with E-state index in [1.807, 2.05) is 6.07 Å². The first-order chi connectivity index (χ1) is 14.3. The summed E-state index contributed by atoms with van der Waals surface area (Å²) >= 11 is 7.32. The molecule has 0 aliphatic rings. The van der Waals surface area contributed by atoms with Crippen molar-refractivity contribution in [3.63, 3.8) is 0 Å². The molecule has 5 N–H and O–H groups in total. The average Bonchev–Trinajstić information content (AvgIpc) is 3.03. The van der Waals surface area contributed by atoms with E-state index in [1.165, 1.54) is 6.07 Å². The van der Waals surface area contributed by atoms with Crippen LogP contribution in [0.1, 0.15) is 40.2 Å². The van der Waals surface area contributed by atoms with Crippen LogP contribution in [0.2, 0.25) is 5.02 Å². The second-order valence-electron chi connectivity index (χ2n) is 6.29. The Labute approximate surface area is 181 Å². The van der Waals surface area contributed by atoms with E-state index in [9.17, 15) is 9.59 Å². The molecule has 1 aromatic carbocycles. The molecule has 3 aromatic rings. The summed E-state index contributed by atoms with van der Waals surface area (Å²) in [7, 11) is 0. The van der Waals surface area contributed by atoms with Gasteiger partial charge in [0.05, 0.1) is 30.3 Å². The van der Waals surface area contributed by atoms with Gasteiger partial charge in [-0.3, -0.25) is 9.59 Å². The van der Waals surface area contributed by atoms with E-state index in [0.29, 0.717) is 20.8 Å². The van der Waals surface area contributed by atoms with Crippen LogP contribution in [-0.4, -0.2) is 23.5 Å². The standard InChI is InChI=1S/C20H18ClN5O3S/c1-2-29-15(27)8-14(11-5-3-4-6-13(11)21)25-19(28)17-16(23)12-7-10(9-22)18(24)26-20(12)30-17/h3-7,14H,2,8,23H2,1H3,(H2,24,26)(H,25,28). The largest absolute Gasteiger partial charge is 0.466 e. The number of rotatable bonds is 6. The van der Waals surface area contributed by atoms with Crippen LogP contribution in [0, 0.1) is 11.3 Å². The predicted octanol–water partition coefficient (Wildman–Crippen LogP) is 3.41. The van der Waals surface area contributed by atoms with Gasteiger partial charge in [-0.15, -0.1) is 11.3 Å². The van der Waals surface area contributed by atoms with Gasteiger partial charge in [-0.25, -0.2) is 4.98 Å². The number of nitriles is 1. The van der Waals surface area contributed by atoms with Crippen LogP contribution in [0.3, 0.4) is 0 Å². The van der Waals surface area contributed by atoms with Crippen molar-refractivity contribution in [1.29, 1.82) is 5.26 Å². The topological polar surface area (TPSA) is 144 Å². The number of nitrogens with zero attached hydrogens (tertiary/aromatic N) is 2. The van der Waals surface area contributed by atoms with Crippen LogP contribution >= 0.6 is 22.9 Å². The molecule has 3 rings (SSSR count). The number of carbonyl (C=O) groups excluding carboxylic acids is 2. The highest BCUT2D eigenvalue weighted by Crippen LogP contribution is 2.35. The molecule has 0 aliphatic carbocycles. The third-order valence-electron chi connectivity index (χ3n) is 4.34. The maximum absolute atomic E-state index is 13.0. The summed E-state index contributed by atoms with van der Waals surface area (Å²) < 4.78 is 5.02. The van der Waals surface area contributed by atoms with Crippen LogP contribution in [-0.2, 0) is 9.53 Å². The highest BCUT2D eigenvalue weighted by molar-refractivity contribution is 7.21. The normalized spacial score (nSPS) is 11.6. The zero-order chi connectivity index (χ0) is 21.8. The fraction of sp³-hybridized carbons (Fsp3) is 0.200. The minimum absolute atomic E-state index is 0.0643. The van der Waals surface area contributed by atoms with Gasteiger partial charge in [-0.1, -0.05) is 29.8 Å². The van der Waals surface area contributed by atoms with Crippen molar-refractivity contribution in [2.45, 2.75) is 19.4 Å². The highest BCUT2D eigenvalue weighted by Gasteiger charge is 2.25. The first kappa shape index (κ1) is 21.4. The first-order valence-electron chi connectivity index (χ1n) is 8.95. The summed E-state index contributed by atoms with van der Waals surface area (Å²) in [5, 5.41) is 12.8. The zero-order valence-corrected chi connectivity index (χ0v) is 17.5. The van der Waals surface area contributed by atoms with Gasteiger partial charge >= 0.3 is 5.97 Å². The van der Waals surface area contributed by atoms with Gasteiger partial charge in [-0.2, -0.15) is 5.26 Å². The molecule has 30 heavy (non-hydrogen) atoms. The molecule has 0 radical (unpaired) electrons. The maximum atomic E-state index is 13.0.